The molecule has 0 aliphatic carbocycles. The maximum absolute atomic E-state index is 5.39. The maximum atomic E-state index is 5.39. The van der Waals surface area contributed by atoms with E-state index in [1.807, 2.05) is 6.92 Å². The first kappa shape index (κ1) is 8.54. The highest BCUT2D eigenvalue weighted by Gasteiger charge is 2.14. The van der Waals surface area contributed by atoms with Gasteiger partial charge in [-0.15, -0.1) is 0 Å². The Morgan fingerprint density at radius 1 is 1.56 bits per heavy atom. The molecule has 0 amide bonds. The van der Waals surface area contributed by atoms with E-state index >= 15 is 0 Å². The van der Waals surface area contributed by atoms with Gasteiger partial charge < -0.3 is 4.74 Å². The fourth-order valence-electron chi connectivity index (χ4n) is 0.544. The first-order valence-electron chi connectivity index (χ1n) is 3.32. The Kier molecular flexibility index (Phi) is 2.75. The SMILES string of the molecule is C=C(C)OC(C)(C)CC. The molecule has 0 atom stereocenters. The van der Waals surface area contributed by atoms with Crippen molar-refractivity contribution in [2.24, 2.45) is 0 Å². The lowest BCUT2D eigenvalue weighted by Gasteiger charge is -2.24. The molecule has 0 bridgehead atoms. The molecule has 0 unspecified atom stereocenters. The predicted molar refractivity (Wildman–Crippen MR) is 40.3 cm³/mol. The Morgan fingerprint density at radius 3 is 2.11 bits per heavy atom. The van der Waals surface area contributed by atoms with E-state index in [1.54, 1.807) is 0 Å². The number of rotatable bonds is 3. The fourth-order valence-corrected chi connectivity index (χ4v) is 0.544. The highest BCUT2D eigenvalue weighted by Crippen LogP contribution is 2.16. The molecule has 0 heterocycles. The number of hydrogen-bond donors (Lipinski definition) is 0. The Hall–Kier alpha value is -0.460. The molecule has 54 valence electrons. The fraction of sp³-hybridized carbons (Fsp3) is 0.750. The van der Waals surface area contributed by atoms with Crippen LogP contribution in [0.15, 0.2) is 12.3 Å². The molecule has 0 aromatic rings. The molecule has 0 aromatic heterocycles. The summed E-state index contributed by atoms with van der Waals surface area (Å²) in [5, 5.41) is 0. The van der Waals surface area contributed by atoms with Gasteiger partial charge in [0.1, 0.15) is 5.60 Å². The molecule has 0 aliphatic heterocycles. The van der Waals surface area contributed by atoms with Crippen molar-refractivity contribution in [1.82, 2.24) is 0 Å². The molecule has 0 saturated carbocycles. The summed E-state index contributed by atoms with van der Waals surface area (Å²) in [6.45, 7) is 11.8. The minimum Gasteiger partial charge on any atom is -0.493 e. The van der Waals surface area contributed by atoms with Crippen LogP contribution in [-0.4, -0.2) is 5.60 Å². The largest absolute Gasteiger partial charge is 0.493 e. The van der Waals surface area contributed by atoms with E-state index in [2.05, 4.69) is 27.4 Å². The number of hydrogen-bond acceptors (Lipinski definition) is 1. The van der Waals surface area contributed by atoms with Crippen LogP contribution < -0.4 is 0 Å². The summed E-state index contributed by atoms with van der Waals surface area (Å²) >= 11 is 0. The van der Waals surface area contributed by atoms with Crippen LogP contribution in [0, 0.1) is 0 Å². The summed E-state index contributed by atoms with van der Waals surface area (Å²) in [6.07, 6.45) is 1.01. The van der Waals surface area contributed by atoms with Crippen molar-refractivity contribution >= 4 is 0 Å². The summed E-state index contributed by atoms with van der Waals surface area (Å²) < 4.78 is 5.39. The third-order valence-corrected chi connectivity index (χ3v) is 1.30. The van der Waals surface area contributed by atoms with Gasteiger partial charge >= 0.3 is 0 Å². The standard InChI is InChI=1S/C8H16O/c1-6-8(4,5)9-7(2)3/h2,6H2,1,3-5H3. The molecule has 0 spiro atoms. The van der Waals surface area contributed by atoms with Gasteiger partial charge in [-0.3, -0.25) is 0 Å². The monoisotopic (exact) mass is 128 g/mol. The lowest BCUT2D eigenvalue weighted by molar-refractivity contribution is 0.0336. The average molecular weight is 128 g/mol. The summed E-state index contributed by atoms with van der Waals surface area (Å²) in [6, 6.07) is 0. The first-order chi connectivity index (χ1) is 3.98. The number of allylic oxidation sites excluding steroid dienone is 1. The average Bonchev–Trinajstić information content (AvgIpc) is 1.63. The van der Waals surface area contributed by atoms with Gasteiger partial charge in [0.25, 0.3) is 0 Å². The van der Waals surface area contributed by atoms with Crippen molar-refractivity contribution in [3.05, 3.63) is 12.3 Å². The zero-order chi connectivity index (χ0) is 7.49. The smallest absolute Gasteiger partial charge is 0.103 e. The molecule has 0 aromatic carbocycles. The lowest BCUT2D eigenvalue weighted by atomic mass is 10.1. The van der Waals surface area contributed by atoms with Gasteiger partial charge in [-0.1, -0.05) is 13.5 Å². The zero-order valence-corrected chi connectivity index (χ0v) is 6.82. The third-order valence-electron chi connectivity index (χ3n) is 1.30. The molecule has 0 fully saturated rings. The van der Waals surface area contributed by atoms with E-state index in [4.69, 9.17) is 4.74 Å². The third kappa shape index (κ3) is 4.07. The molecule has 0 rings (SSSR count). The van der Waals surface area contributed by atoms with Gasteiger partial charge in [0.15, 0.2) is 0 Å². The van der Waals surface area contributed by atoms with Crippen molar-refractivity contribution in [2.45, 2.75) is 39.7 Å². The van der Waals surface area contributed by atoms with E-state index in [0.717, 1.165) is 12.2 Å². The summed E-state index contributed by atoms with van der Waals surface area (Å²) in [7, 11) is 0. The molecular formula is C8H16O. The van der Waals surface area contributed by atoms with Crippen LogP contribution in [0.5, 0.6) is 0 Å². The topological polar surface area (TPSA) is 9.23 Å². The van der Waals surface area contributed by atoms with Crippen LogP contribution in [0.2, 0.25) is 0 Å². The van der Waals surface area contributed by atoms with E-state index < -0.39 is 0 Å². The Bertz CT molecular complexity index is 103. The van der Waals surface area contributed by atoms with Crippen LogP contribution in [0.4, 0.5) is 0 Å². The van der Waals surface area contributed by atoms with Crippen LogP contribution in [-0.2, 0) is 4.74 Å². The van der Waals surface area contributed by atoms with Crippen molar-refractivity contribution in [2.75, 3.05) is 0 Å². The Morgan fingerprint density at radius 2 is 2.00 bits per heavy atom. The van der Waals surface area contributed by atoms with Crippen molar-refractivity contribution < 1.29 is 4.74 Å². The molecule has 0 aliphatic rings. The molecule has 1 heteroatoms. The van der Waals surface area contributed by atoms with E-state index in [0.29, 0.717) is 0 Å². The molecule has 1 nitrogen and oxygen atoms in total. The summed E-state index contributed by atoms with van der Waals surface area (Å²) in [4.78, 5) is 0. The highest BCUT2D eigenvalue weighted by atomic mass is 16.5. The van der Waals surface area contributed by atoms with Crippen molar-refractivity contribution in [1.29, 1.82) is 0 Å². The molecule has 0 N–H and O–H groups in total. The zero-order valence-electron chi connectivity index (χ0n) is 6.82. The summed E-state index contributed by atoms with van der Waals surface area (Å²) in [5.41, 5.74) is -0.0359. The predicted octanol–water partition coefficient (Wildman–Crippen LogP) is 2.73. The minimum atomic E-state index is -0.0359. The van der Waals surface area contributed by atoms with Gasteiger partial charge in [0.05, 0.1) is 5.76 Å². The van der Waals surface area contributed by atoms with Gasteiger partial charge in [0.2, 0.25) is 0 Å². The van der Waals surface area contributed by atoms with Gasteiger partial charge in [-0.2, -0.15) is 0 Å². The van der Waals surface area contributed by atoms with Crippen LogP contribution >= 0.6 is 0 Å². The normalized spacial score (nSPS) is 11.1. The quantitative estimate of drug-likeness (QED) is 0.531. The maximum Gasteiger partial charge on any atom is 0.103 e. The second kappa shape index (κ2) is 2.90. The van der Waals surface area contributed by atoms with Crippen LogP contribution in [0.25, 0.3) is 0 Å². The Labute approximate surface area is 57.7 Å². The molecule has 0 saturated heterocycles. The molecule has 0 radical (unpaired) electrons. The van der Waals surface area contributed by atoms with Crippen molar-refractivity contribution in [3.63, 3.8) is 0 Å². The second-order valence-corrected chi connectivity index (χ2v) is 2.92. The Balaban J connectivity index is 3.71. The van der Waals surface area contributed by atoms with Gasteiger partial charge in [-0.25, -0.2) is 0 Å². The van der Waals surface area contributed by atoms with Crippen LogP contribution in [0.1, 0.15) is 34.1 Å². The van der Waals surface area contributed by atoms with Gasteiger partial charge in [0, 0.05) is 0 Å². The second-order valence-electron chi connectivity index (χ2n) is 2.92. The minimum absolute atomic E-state index is 0.0359. The molecule has 9 heavy (non-hydrogen) atoms. The first-order valence-corrected chi connectivity index (χ1v) is 3.32. The van der Waals surface area contributed by atoms with E-state index in [9.17, 15) is 0 Å². The van der Waals surface area contributed by atoms with Gasteiger partial charge in [-0.05, 0) is 27.2 Å². The van der Waals surface area contributed by atoms with Crippen LogP contribution in [0.3, 0.4) is 0 Å². The highest BCUT2D eigenvalue weighted by molar-refractivity contribution is 4.80. The lowest BCUT2D eigenvalue weighted by Crippen LogP contribution is -2.21. The summed E-state index contributed by atoms with van der Waals surface area (Å²) in [5.74, 6) is 0.793. The van der Waals surface area contributed by atoms with E-state index in [-0.39, 0.29) is 5.60 Å². The van der Waals surface area contributed by atoms with Crippen molar-refractivity contribution in [3.8, 4) is 0 Å². The number of ether oxygens (including phenoxy) is 1. The molecular weight excluding hydrogens is 112 g/mol. The van der Waals surface area contributed by atoms with E-state index in [1.165, 1.54) is 0 Å².